The van der Waals surface area contributed by atoms with Crippen LogP contribution < -0.4 is 5.73 Å². The lowest BCUT2D eigenvalue weighted by atomic mass is 9.81. The SMILES string of the molecule is N[C@@H](c1cc(Br)cc(Br)c1O)C1CCCCC1. The number of benzene rings is 1. The molecule has 0 spiro atoms. The zero-order chi connectivity index (χ0) is 12.4. The Morgan fingerprint density at radius 2 is 1.82 bits per heavy atom. The van der Waals surface area contributed by atoms with Crippen molar-refractivity contribution < 1.29 is 5.11 Å². The van der Waals surface area contributed by atoms with Crippen molar-refractivity contribution in [2.24, 2.45) is 11.7 Å². The van der Waals surface area contributed by atoms with Crippen LogP contribution in [0.1, 0.15) is 43.7 Å². The maximum atomic E-state index is 10.1. The molecular formula is C13H17Br2NO. The zero-order valence-electron chi connectivity index (χ0n) is 9.63. The third-order valence-electron chi connectivity index (χ3n) is 3.57. The van der Waals surface area contributed by atoms with Gasteiger partial charge in [0, 0.05) is 16.1 Å². The Labute approximate surface area is 119 Å². The Morgan fingerprint density at radius 1 is 1.18 bits per heavy atom. The van der Waals surface area contributed by atoms with Crippen molar-refractivity contribution in [2.45, 2.75) is 38.1 Å². The van der Waals surface area contributed by atoms with Gasteiger partial charge in [0.25, 0.3) is 0 Å². The molecule has 3 N–H and O–H groups in total. The van der Waals surface area contributed by atoms with Crippen molar-refractivity contribution in [2.75, 3.05) is 0 Å². The predicted molar refractivity (Wildman–Crippen MR) is 77.0 cm³/mol. The summed E-state index contributed by atoms with van der Waals surface area (Å²) in [6.07, 6.45) is 6.18. The molecule has 0 amide bonds. The molecule has 0 bridgehead atoms. The largest absolute Gasteiger partial charge is 0.506 e. The van der Waals surface area contributed by atoms with Crippen LogP contribution in [0.25, 0.3) is 0 Å². The van der Waals surface area contributed by atoms with Gasteiger partial charge in [-0.25, -0.2) is 0 Å². The average Bonchev–Trinajstić information content (AvgIpc) is 2.34. The van der Waals surface area contributed by atoms with Crippen LogP contribution in [-0.4, -0.2) is 5.11 Å². The summed E-state index contributed by atoms with van der Waals surface area (Å²) in [5.74, 6) is 0.780. The van der Waals surface area contributed by atoms with Crippen molar-refractivity contribution in [3.8, 4) is 5.75 Å². The Bertz CT molecular complexity index is 403. The molecule has 1 aliphatic rings. The van der Waals surface area contributed by atoms with Crippen molar-refractivity contribution in [1.82, 2.24) is 0 Å². The van der Waals surface area contributed by atoms with Gasteiger partial charge in [0.15, 0.2) is 0 Å². The quantitative estimate of drug-likeness (QED) is 0.813. The molecule has 0 radical (unpaired) electrons. The molecule has 17 heavy (non-hydrogen) atoms. The van der Waals surface area contributed by atoms with E-state index in [0.717, 1.165) is 10.0 Å². The standard InChI is InChI=1S/C13H17Br2NO/c14-9-6-10(13(17)11(15)7-9)12(16)8-4-2-1-3-5-8/h6-8,12,17H,1-5,16H2/t12-/m1/s1. The molecule has 0 unspecified atom stereocenters. The minimum atomic E-state index is -0.0656. The first-order valence-electron chi connectivity index (χ1n) is 6.03. The fourth-order valence-electron chi connectivity index (χ4n) is 2.59. The number of halogens is 2. The number of rotatable bonds is 2. The summed E-state index contributed by atoms with van der Waals surface area (Å²) in [5.41, 5.74) is 7.15. The monoisotopic (exact) mass is 361 g/mol. The highest BCUT2D eigenvalue weighted by atomic mass is 79.9. The second kappa shape index (κ2) is 5.72. The van der Waals surface area contributed by atoms with Gasteiger partial charge in [-0.3, -0.25) is 0 Å². The molecule has 1 aromatic carbocycles. The lowest BCUT2D eigenvalue weighted by molar-refractivity contribution is 0.302. The molecular weight excluding hydrogens is 346 g/mol. The third kappa shape index (κ3) is 3.04. The first-order chi connectivity index (χ1) is 8.09. The third-order valence-corrected chi connectivity index (χ3v) is 4.64. The van der Waals surface area contributed by atoms with E-state index in [9.17, 15) is 5.11 Å². The lowest BCUT2D eigenvalue weighted by Crippen LogP contribution is -2.23. The molecule has 1 aromatic rings. The van der Waals surface area contributed by atoms with Crippen molar-refractivity contribution in [3.63, 3.8) is 0 Å². The van der Waals surface area contributed by atoms with E-state index in [4.69, 9.17) is 5.73 Å². The van der Waals surface area contributed by atoms with Crippen LogP contribution in [-0.2, 0) is 0 Å². The van der Waals surface area contributed by atoms with E-state index in [2.05, 4.69) is 31.9 Å². The molecule has 0 heterocycles. The number of hydrogen-bond donors (Lipinski definition) is 2. The highest BCUT2D eigenvalue weighted by Gasteiger charge is 2.24. The molecule has 1 atom stereocenters. The van der Waals surface area contributed by atoms with E-state index >= 15 is 0 Å². The number of phenols is 1. The lowest BCUT2D eigenvalue weighted by Gasteiger charge is -2.28. The van der Waals surface area contributed by atoms with Gasteiger partial charge < -0.3 is 10.8 Å². The number of nitrogens with two attached hydrogens (primary N) is 1. The Morgan fingerprint density at radius 3 is 2.47 bits per heavy atom. The molecule has 2 rings (SSSR count). The van der Waals surface area contributed by atoms with Crippen molar-refractivity contribution >= 4 is 31.9 Å². The molecule has 0 saturated heterocycles. The van der Waals surface area contributed by atoms with Crippen LogP contribution in [0.15, 0.2) is 21.1 Å². The summed E-state index contributed by atoms with van der Waals surface area (Å²) >= 11 is 6.80. The molecule has 94 valence electrons. The van der Waals surface area contributed by atoms with E-state index in [1.807, 2.05) is 12.1 Å². The molecule has 0 aromatic heterocycles. The summed E-state index contributed by atoms with van der Waals surface area (Å²) in [5, 5.41) is 10.1. The van der Waals surface area contributed by atoms with Crippen LogP contribution >= 0.6 is 31.9 Å². The number of hydrogen-bond acceptors (Lipinski definition) is 2. The highest BCUT2D eigenvalue weighted by Crippen LogP contribution is 2.40. The van der Waals surface area contributed by atoms with Crippen molar-refractivity contribution in [1.29, 1.82) is 0 Å². The van der Waals surface area contributed by atoms with Gasteiger partial charge in [-0.15, -0.1) is 0 Å². The fraction of sp³-hybridized carbons (Fsp3) is 0.538. The summed E-state index contributed by atoms with van der Waals surface area (Å²) in [7, 11) is 0. The minimum absolute atomic E-state index is 0.0656. The number of phenolic OH excluding ortho intramolecular Hbond substituents is 1. The molecule has 2 nitrogen and oxygen atoms in total. The topological polar surface area (TPSA) is 46.2 Å². The summed E-state index contributed by atoms with van der Waals surface area (Å²) in [6, 6.07) is 3.70. The normalized spacial score (nSPS) is 19.2. The van der Waals surface area contributed by atoms with Gasteiger partial charge in [-0.05, 0) is 46.8 Å². The van der Waals surface area contributed by atoms with Gasteiger partial charge >= 0.3 is 0 Å². The Kier molecular flexibility index (Phi) is 4.50. The maximum absolute atomic E-state index is 10.1. The Hall–Kier alpha value is -0.0600. The summed E-state index contributed by atoms with van der Waals surface area (Å²) < 4.78 is 1.65. The van der Waals surface area contributed by atoms with E-state index in [0.29, 0.717) is 10.4 Å². The van der Waals surface area contributed by atoms with E-state index < -0.39 is 0 Å². The average molecular weight is 363 g/mol. The second-order valence-electron chi connectivity index (χ2n) is 4.75. The van der Waals surface area contributed by atoms with Gasteiger partial charge in [-0.1, -0.05) is 35.2 Å². The zero-order valence-corrected chi connectivity index (χ0v) is 12.8. The molecule has 4 heteroatoms. The Balaban J connectivity index is 2.26. The van der Waals surface area contributed by atoms with Crippen LogP contribution in [0.3, 0.4) is 0 Å². The smallest absolute Gasteiger partial charge is 0.134 e. The first-order valence-corrected chi connectivity index (χ1v) is 7.61. The van der Waals surface area contributed by atoms with E-state index in [-0.39, 0.29) is 11.8 Å². The van der Waals surface area contributed by atoms with Crippen LogP contribution in [0.2, 0.25) is 0 Å². The molecule has 1 saturated carbocycles. The van der Waals surface area contributed by atoms with Gasteiger partial charge in [0.1, 0.15) is 5.75 Å². The predicted octanol–water partition coefficient (Wildman–Crippen LogP) is 4.50. The summed E-state index contributed by atoms with van der Waals surface area (Å²) in [6.45, 7) is 0. The summed E-state index contributed by atoms with van der Waals surface area (Å²) in [4.78, 5) is 0. The van der Waals surface area contributed by atoms with E-state index in [1.54, 1.807) is 0 Å². The molecule has 1 fully saturated rings. The van der Waals surface area contributed by atoms with Crippen LogP contribution in [0.5, 0.6) is 5.75 Å². The highest BCUT2D eigenvalue weighted by molar-refractivity contribution is 9.11. The first kappa shape index (κ1) is 13.4. The minimum Gasteiger partial charge on any atom is -0.506 e. The molecule has 0 aliphatic heterocycles. The van der Waals surface area contributed by atoms with Gasteiger partial charge in [0.2, 0.25) is 0 Å². The number of aromatic hydroxyl groups is 1. The van der Waals surface area contributed by atoms with Gasteiger partial charge in [-0.2, -0.15) is 0 Å². The van der Waals surface area contributed by atoms with Gasteiger partial charge in [0.05, 0.1) is 4.47 Å². The van der Waals surface area contributed by atoms with Crippen LogP contribution in [0.4, 0.5) is 0 Å². The van der Waals surface area contributed by atoms with Crippen LogP contribution in [0, 0.1) is 5.92 Å². The fourth-order valence-corrected chi connectivity index (χ4v) is 3.85. The van der Waals surface area contributed by atoms with Crippen molar-refractivity contribution in [3.05, 3.63) is 26.6 Å². The maximum Gasteiger partial charge on any atom is 0.134 e. The second-order valence-corrected chi connectivity index (χ2v) is 6.52. The van der Waals surface area contributed by atoms with E-state index in [1.165, 1.54) is 32.1 Å². The molecule has 1 aliphatic carbocycles.